The van der Waals surface area contributed by atoms with Gasteiger partial charge in [-0.1, -0.05) is 6.92 Å². The van der Waals surface area contributed by atoms with Crippen molar-refractivity contribution >= 4 is 17.1 Å². The average molecular weight is 290 g/mol. The Morgan fingerprint density at radius 3 is 2.95 bits per heavy atom. The van der Waals surface area contributed by atoms with Crippen LogP contribution in [-0.4, -0.2) is 24.7 Å². The summed E-state index contributed by atoms with van der Waals surface area (Å²) in [6.07, 6.45) is 3.61. The molecule has 0 atom stereocenters. The minimum Gasteiger partial charge on any atom is -0.489 e. The fourth-order valence-electron chi connectivity index (χ4n) is 2.41. The van der Waals surface area contributed by atoms with Crippen molar-refractivity contribution in [3.63, 3.8) is 0 Å². The topological polar surface area (TPSA) is 38.5 Å². The molecule has 1 aromatic carbocycles. The first-order valence-electron chi connectivity index (χ1n) is 7.36. The maximum atomic E-state index is 12.5. The molecule has 112 valence electrons. The standard InChI is InChI=1S/C16H19FN2O2/c1-2-12(10-17)11-20-13-5-6-14-15(9-13)21-16(18-14)19-7-3-4-8-19/h5-6,9-10H,2-4,7-8,11H2,1H3/b12-10+. The van der Waals surface area contributed by atoms with Gasteiger partial charge in [-0.05, 0) is 37.0 Å². The van der Waals surface area contributed by atoms with E-state index < -0.39 is 0 Å². The summed E-state index contributed by atoms with van der Waals surface area (Å²) >= 11 is 0. The van der Waals surface area contributed by atoms with Crippen LogP contribution >= 0.6 is 0 Å². The number of fused-ring (bicyclic) bond motifs is 1. The number of rotatable bonds is 5. The number of oxazole rings is 1. The van der Waals surface area contributed by atoms with Crippen LogP contribution in [-0.2, 0) is 0 Å². The van der Waals surface area contributed by atoms with Gasteiger partial charge in [0.15, 0.2) is 5.58 Å². The van der Waals surface area contributed by atoms with Gasteiger partial charge in [-0.15, -0.1) is 0 Å². The largest absolute Gasteiger partial charge is 0.489 e. The Balaban J connectivity index is 1.76. The summed E-state index contributed by atoms with van der Waals surface area (Å²) in [5.74, 6) is 0.666. The maximum absolute atomic E-state index is 12.5. The molecule has 1 aromatic heterocycles. The van der Waals surface area contributed by atoms with E-state index in [1.165, 1.54) is 12.8 Å². The second-order valence-electron chi connectivity index (χ2n) is 5.23. The SMILES string of the molecule is CC/C(=C\F)COc1ccc2nc(N3CCCC3)oc2c1. The Hall–Kier alpha value is -2.04. The molecule has 3 rings (SSSR count). The Morgan fingerprint density at radius 2 is 2.24 bits per heavy atom. The molecule has 2 aromatic rings. The van der Waals surface area contributed by atoms with Crippen LogP contribution in [0.2, 0.25) is 0 Å². The highest BCUT2D eigenvalue weighted by Crippen LogP contribution is 2.27. The van der Waals surface area contributed by atoms with E-state index in [0.717, 1.165) is 18.6 Å². The zero-order valence-electron chi connectivity index (χ0n) is 12.1. The van der Waals surface area contributed by atoms with E-state index >= 15 is 0 Å². The number of halogens is 1. The van der Waals surface area contributed by atoms with Gasteiger partial charge < -0.3 is 14.1 Å². The molecule has 0 aliphatic carbocycles. The molecule has 21 heavy (non-hydrogen) atoms. The van der Waals surface area contributed by atoms with Gasteiger partial charge >= 0.3 is 0 Å². The quantitative estimate of drug-likeness (QED) is 0.832. The van der Waals surface area contributed by atoms with E-state index in [4.69, 9.17) is 9.15 Å². The highest BCUT2D eigenvalue weighted by atomic mass is 19.1. The minimum absolute atomic E-state index is 0.256. The third kappa shape index (κ3) is 3.01. The van der Waals surface area contributed by atoms with Gasteiger partial charge in [0, 0.05) is 19.2 Å². The molecule has 0 saturated carbocycles. The Kier molecular flexibility index (Phi) is 4.08. The minimum atomic E-state index is 0.256. The molecule has 0 N–H and O–H groups in total. The van der Waals surface area contributed by atoms with Crippen molar-refractivity contribution in [1.82, 2.24) is 4.98 Å². The molecule has 1 saturated heterocycles. The van der Waals surface area contributed by atoms with Crippen molar-refractivity contribution in [2.75, 3.05) is 24.6 Å². The van der Waals surface area contributed by atoms with Gasteiger partial charge in [-0.25, -0.2) is 4.39 Å². The first kappa shape index (κ1) is 13.9. The van der Waals surface area contributed by atoms with Gasteiger partial charge in [0.2, 0.25) is 0 Å². The molecule has 1 aliphatic rings. The first-order chi connectivity index (χ1) is 10.3. The average Bonchev–Trinajstić information content (AvgIpc) is 3.16. The summed E-state index contributed by atoms with van der Waals surface area (Å²) in [6, 6.07) is 6.20. The van der Waals surface area contributed by atoms with E-state index in [2.05, 4.69) is 9.88 Å². The number of hydrogen-bond donors (Lipinski definition) is 0. The lowest BCUT2D eigenvalue weighted by Gasteiger charge is -2.10. The smallest absolute Gasteiger partial charge is 0.298 e. The summed E-state index contributed by atoms with van der Waals surface area (Å²) in [5, 5.41) is 0. The summed E-state index contributed by atoms with van der Waals surface area (Å²) in [4.78, 5) is 6.65. The van der Waals surface area contributed by atoms with Crippen LogP contribution in [0.5, 0.6) is 5.75 Å². The number of anilines is 1. The van der Waals surface area contributed by atoms with Crippen LogP contribution in [0.15, 0.2) is 34.5 Å². The number of benzene rings is 1. The molecule has 0 bridgehead atoms. The molecule has 1 aliphatic heterocycles. The first-order valence-corrected chi connectivity index (χ1v) is 7.36. The second-order valence-corrected chi connectivity index (χ2v) is 5.23. The number of nitrogens with zero attached hydrogens (tertiary/aromatic N) is 2. The maximum Gasteiger partial charge on any atom is 0.298 e. The molecule has 5 heteroatoms. The zero-order chi connectivity index (χ0) is 14.7. The van der Waals surface area contributed by atoms with Crippen molar-refractivity contribution < 1.29 is 13.5 Å². The lowest BCUT2D eigenvalue weighted by atomic mass is 10.2. The molecule has 0 spiro atoms. The molecular weight excluding hydrogens is 271 g/mol. The van der Waals surface area contributed by atoms with Crippen LogP contribution in [0.1, 0.15) is 26.2 Å². The molecule has 2 heterocycles. The Bertz CT molecular complexity index is 645. The van der Waals surface area contributed by atoms with E-state index in [9.17, 15) is 4.39 Å². The summed E-state index contributed by atoms with van der Waals surface area (Å²) in [6.45, 7) is 4.15. The lowest BCUT2D eigenvalue weighted by Crippen LogP contribution is -2.17. The Morgan fingerprint density at radius 1 is 1.43 bits per heavy atom. The van der Waals surface area contributed by atoms with Crippen LogP contribution in [0, 0.1) is 0 Å². The van der Waals surface area contributed by atoms with Crippen LogP contribution < -0.4 is 9.64 Å². The van der Waals surface area contributed by atoms with Gasteiger partial charge in [0.25, 0.3) is 6.01 Å². The summed E-state index contributed by atoms with van der Waals surface area (Å²) in [7, 11) is 0. The van der Waals surface area contributed by atoms with Crippen molar-refractivity contribution in [2.24, 2.45) is 0 Å². The number of ether oxygens (including phenoxy) is 1. The van der Waals surface area contributed by atoms with Crippen LogP contribution in [0.3, 0.4) is 0 Å². The molecule has 0 radical (unpaired) electrons. The molecule has 1 fully saturated rings. The third-order valence-electron chi connectivity index (χ3n) is 3.76. The zero-order valence-corrected chi connectivity index (χ0v) is 12.1. The summed E-state index contributed by atoms with van der Waals surface area (Å²) in [5.41, 5.74) is 2.16. The predicted molar refractivity (Wildman–Crippen MR) is 80.4 cm³/mol. The molecule has 4 nitrogen and oxygen atoms in total. The van der Waals surface area contributed by atoms with E-state index in [0.29, 0.717) is 35.7 Å². The molecular formula is C16H19FN2O2. The van der Waals surface area contributed by atoms with Gasteiger partial charge in [0.05, 0.1) is 6.33 Å². The normalized spacial score (nSPS) is 15.9. The van der Waals surface area contributed by atoms with Crippen LogP contribution in [0.25, 0.3) is 11.1 Å². The summed E-state index contributed by atoms with van der Waals surface area (Å²) < 4.78 is 23.9. The number of hydrogen-bond acceptors (Lipinski definition) is 4. The monoisotopic (exact) mass is 290 g/mol. The highest BCUT2D eigenvalue weighted by Gasteiger charge is 2.18. The second kappa shape index (κ2) is 6.16. The van der Waals surface area contributed by atoms with E-state index in [1.807, 2.05) is 25.1 Å². The molecule has 0 amide bonds. The van der Waals surface area contributed by atoms with Gasteiger partial charge in [-0.3, -0.25) is 0 Å². The van der Waals surface area contributed by atoms with Crippen molar-refractivity contribution in [1.29, 1.82) is 0 Å². The lowest BCUT2D eigenvalue weighted by molar-refractivity contribution is 0.345. The van der Waals surface area contributed by atoms with Crippen molar-refractivity contribution in [2.45, 2.75) is 26.2 Å². The Labute approximate surface area is 123 Å². The fourth-order valence-corrected chi connectivity index (χ4v) is 2.41. The third-order valence-corrected chi connectivity index (χ3v) is 3.76. The van der Waals surface area contributed by atoms with E-state index in [1.54, 1.807) is 0 Å². The fraction of sp³-hybridized carbons (Fsp3) is 0.438. The van der Waals surface area contributed by atoms with Crippen LogP contribution in [0.4, 0.5) is 10.4 Å². The van der Waals surface area contributed by atoms with E-state index in [-0.39, 0.29) is 6.61 Å². The van der Waals surface area contributed by atoms with Crippen molar-refractivity contribution in [3.8, 4) is 5.75 Å². The number of aromatic nitrogens is 1. The van der Waals surface area contributed by atoms with Crippen molar-refractivity contribution in [3.05, 3.63) is 30.1 Å². The molecule has 0 unspecified atom stereocenters. The highest BCUT2D eigenvalue weighted by molar-refractivity contribution is 5.76. The predicted octanol–water partition coefficient (Wildman–Crippen LogP) is 4.07. The van der Waals surface area contributed by atoms with Gasteiger partial charge in [0.1, 0.15) is 17.9 Å². The van der Waals surface area contributed by atoms with Gasteiger partial charge in [-0.2, -0.15) is 4.98 Å².